The normalized spacial score (nSPS) is 15.2. The molecule has 0 unspecified atom stereocenters. The fourth-order valence-electron chi connectivity index (χ4n) is 2.40. The number of benzene rings is 1. The maximum atomic E-state index is 13.7. The molecule has 2 rings (SSSR count). The standard InChI is InChI=1S/C17H23FN2O4/c1-17(2,3)24-16(22)20-9-7-19(8-10-20)15(21)12-5-6-14(23-4)13(18)11-12/h5-6,11H,7-10H2,1-4H3. The Bertz CT molecular complexity index is 620. The number of nitrogens with zero attached hydrogens (tertiary/aromatic N) is 2. The van der Waals surface area contributed by atoms with Crippen LogP contribution in [0.1, 0.15) is 31.1 Å². The first-order valence-electron chi connectivity index (χ1n) is 7.82. The van der Waals surface area contributed by atoms with Gasteiger partial charge in [0.15, 0.2) is 11.6 Å². The zero-order valence-corrected chi connectivity index (χ0v) is 14.5. The van der Waals surface area contributed by atoms with Gasteiger partial charge >= 0.3 is 6.09 Å². The second-order valence-electron chi connectivity index (χ2n) is 6.61. The van der Waals surface area contributed by atoms with Crippen molar-refractivity contribution in [3.63, 3.8) is 0 Å². The van der Waals surface area contributed by atoms with Crippen molar-refractivity contribution >= 4 is 12.0 Å². The van der Waals surface area contributed by atoms with E-state index in [-0.39, 0.29) is 23.3 Å². The number of halogens is 1. The lowest BCUT2D eigenvalue weighted by atomic mass is 10.1. The van der Waals surface area contributed by atoms with Crippen molar-refractivity contribution in [2.45, 2.75) is 26.4 Å². The van der Waals surface area contributed by atoms with E-state index in [4.69, 9.17) is 9.47 Å². The Kier molecular flexibility index (Phi) is 5.31. The lowest BCUT2D eigenvalue weighted by molar-refractivity contribution is 0.0141. The van der Waals surface area contributed by atoms with Gasteiger partial charge in [0.2, 0.25) is 0 Å². The molecular weight excluding hydrogens is 315 g/mol. The van der Waals surface area contributed by atoms with Crippen molar-refractivity contribution < 1.29 is 23.5 Å². The van der Waals surface area contributed by atoms with E-state index in [1.807, 2.05) is 20.8 Å². The Hall–Kier alpha value is -2.31. The zero-order valence-electron chi connectivity index (χ0n) is 14.5. The second kappa shape index (κ2) is 7.07. The molecule has 0 radical (unpaired) electrons. The van der Waals surface area contributed by atoms with Crippen LogP contribution in [0.25, 0.3) is 0 Å². The molecule has 1 fully saturated rings. The highest BCUT2D eigenvalue weighted by Crippen LogP contribution is 2.19. The summed E-state index contributed by atoms with van der Waals surface area (Å²) in [5.74, 6) is -0.738. The van der Waals surface area contributed by atoms with E-state index in [0.29, 0.717) is 26.2 Å². The largest absolute Gasteiger partial charge is 0.494 e. The molecule has 24 heavy (non-hydrogen) atoms. The van der Waals surface area contributed by atoms with Crippen LogP contribution in [-0.2, 0) is 4.74 Å². The number of hydrogen-bond acceptors (Lipinski definition) is 4. The van der Waals surface area contributed by atoms with Crippen molar-refractivity contribution in [3.05, 3.63) is 29.6 Å². The van der Waals surface area contributed by atoms with Crippen molar-refractivity contribution in [1.29, 1.82) is 0 Å². The van der Waals surface area contributed by atoms with Crippen LogP contribution >= 0.6 is 0 Å². The van der Waals surface area contributed by atoms with Crippen LogP contribution in [0.3, 0.4) is 0 Å². The molecule has 0 atom stereocenters. The van der Waals surface area contributed by atoms with Gasteiger partial charge in [-0.15, -0.1) is 0 Å². The number of piperazine rings is 1. The van der Waals surface area contributed by atoms with Crippen LogP contribution in [0.5, 0.6) is 5.75 Å². The lowest BCUT2D eigenvalue weighted by Crippen LogP contribution is -2.51. The van der Waals surface area contributed by atoms with Crippen LogP contribution in [0.15, 0.2) is 18.2 Å². The van der Waals surface area contributed by atoms with Crippen molar-refractivity contribution in [1.82, 2.24) is 9.80 Å². The average molecular weight is 338 g/mol. The summed E-state index contributed by atoms with van der Waals surface area (Å²) in [6.45, 7) is 6.96. The highest BCUT2D eigenvalue weighted by Gasteiger charge is 2.28. The molecule has 2 amide bonds. The number of amides is 2. The third-order valence-corrected chi connectivity index (χ3v) is 3.62. The molecule has 0 saturated carbocycles. The summed E-state index contributed by atoms with van der Waals surface area (Å²) in [7, 11) is 1.37. The summed E-state index contributed by atoms with van der Waals surface area (Å²) in [4.78, 5) is 27.6. The van der Waals surface area contributed by atoms with Crippen LogP contribution in [-0.4, -0.2) is 60.7 Å². The molecule has 132 valence electrons. The monoisotopic (exact) mass is 338 g/mol. The van der Waals surface area contributed by atoms with Crippen molar-refractivity contribution in [3.8, 4) is 5.75 Å². The molecule has 0 aliphatic carbocycles. The van der Waals surface area contributed by atoms with Crippen molar-refractivity contribution in [2.75, 3.05) is 33.3 Å². The molecule has 0 spiro atoms. The predicted molar refractivity (Wildman–Crippen MR) is 86.7 cm³/mol. The third-order valence-electron chi connectivity index (χ3n) is 3.62. The molecule has 1 heterocycles. The van der Waals surface area contributed by atoms with E-state index in [0.717, 1.165) is 0 Å². The summed E-state index contributed by atoms with van der Waals surface area (Å²) < 4.78 is 23.9. The van der Waals surface area contributed by atoms with Gasteiger partial charge < -0.3 is 19.3 Å². The molecule has 0 aromatic heterocycles. The summed E-state index contributed by atoms with van der Waals surface area (Å²) >= 11 is 0. The van der Waals surface area contributed by atoms with Gasteiger partial charge in [0, 0.05) is 31.7 Å². The van der Waals surface area contributed by atoms with Gasteiger partial charge in [-0.2, -0.15) is 0 Å². The first kappa shape index (κ1) is 18.0. The Labute approximate surface area is 141 Å². The van der Waals surface area contributed by atoms with Crippen LogP contribution in [0.2, 0.25) is 0 Å². The number of methoxy groups -OCH3 is 1. The van der Waals surface area contributed by atoms with Gasteiger partial charge in [0.05, 0.1) is 7.11 Å². The van der Waals surface area contributed by atoms with Gasteiger partial charge in [0.25, 0.3) is 5.91 Å². The van der Waals surface area contributed by atoms with Gasteiger partial charge in [-0.05, 0) is 39.0 Å². The Morgan fingerprint density at radius 3 is 2.17 bits per heavy atom. The fraction of sp³-hybridized carbons (Fsp3) is 0.529. The number of rotatable bonds is 2. The minimum Gasteiger partial charge on any atom is -0.494 e. The SMILES string of the molecule is COc1ccc(C(=O)N2CCN(C(=O)OC(C)(C)C)CC2)cc1F. The van der Waals surface area contributed by atoms with E-state index in [1.54, 1.807) is 9.80 Å². The maximum absolute atomic E-state index is 13.7. The van der Waals surface area contributed by atoms with Gasteiger partial charge in [-0.1, -0.05) is 0 Å². The van der Waals surface area contributed by atoms with Gasteiger partial charge in [-0.3, -0.25) is 4.79 Å². The van der Waals surface area contributed by atoms with Crippen LogP contribution < -0.4 is 4.74 Å². The third kappa shape index (κ3) is 4.37. The Balaban J connectivity index is 1.95. The highest BCUT2D eigenvalue weighted by molar-refractivity contribution is 5.94. The molecule has 1 aliphatic heterocycles. The number of hydrogen-bond donors (Lipinski definition) is 0. The predicted octanol–water partition coefficient (Wildman–Crippen LogP) is 2.53. The minimum absolute atomic E-state index is 0.0984. The Morgan fingerprint density at radius 1 is 1.08 bits per heavy atom. The van der Waals surface area contributed by atoms with Crippen LogP contribution in [0, 0.1) is 5.82 Å². The first-order chi connectivity index (χ1) is 11.2. The molecule has 6 nitrogen and oxygen atoms in total. The summed E-state index contributed by atoms with van der Waals surface area (Å²) in [5.41, 5.74) is -0.288. The molecular formula is C17H23FN2O4. The summed E-state index contributed by atoms with van der Waals surface area (Å²) in [6, 6.07) is 4.13. The molecule has 1 aromatic carbocycles. The molecule has 1 saturated heterocycles. The number of carbonyl (C=O) groups is 2. The molecule has 1 aliphatic rings. The molecule has 7 heteroatoms. The molecule has 0 bridgehead atoms. The highest BCUT2D eigenvalue weighted by atomic mass is 19.1. The quantitative estimate of drug-likeness (QED) is 0.831. The summed E-state index contributed by atoms with van der Waals surface area (Å²) in [5, 5.41) is 0. The maximum Gasteiger partial charge on any atom is 0.410 e. The lowest BCUT2D eigenvalue weighted by Gasteiger charge is -2.35. The summed E-state index contributed by atoms with van der Waals surface area (Å²) in [6.07, 6.45) is -0.384. The van der Waals surface area contributed by atoms with E-state index in [1.165, 1.54) is 25.3 Å². The van der Waals surface area contributed by atoms with E-state index in [9.17, 15) is 14.0 Å². The topological polar surface area (TPSA) is 59.1 Å². The van der Waals surface area contributed by atoms with Crippen LogP contribution in [0.4, 0.5) is 9.18 Å². The average Bonchev–Trinajstić information content (AvgIpc) is 2.52. The fourth-order valence-corrected chi connectivity index (χ4v) is 2.40. The van der Waals surface area contributed by atoms with E-state index in [2.05, 4.69) is 0 Å². The van der Waals surface area contributed by atoms with Gasteiger partial charge in [-0.25, -0.2) is 9.18 Å². The number of carbonyl (C=O) groups excluding carboxylic acids is 2. The smallest absolute Gasteiger partial charge is 0.410 e. The second-order valence-corrected chi connectivity index (χ2v) is 6.61. The minimum atomic E-state index is -0.573. The zero-order chi connectivity index (χ0) is 17.9. The van der Waals surface area contributed by atoms with E-state index < -0.39 is 11.4 Å². The number of ether oxygens (including phenoxy) is 2. The first-order valence-corrected chi connectivity index (χ1v) is 7.82. The molecule has 0 N–H and O–H groups in total. The molecule has 1 aromatic rings. The van der Waals surface area contributed by atoms with Gasteiger partial charge in [0.1, 0.15) is 5.60 Å². The van der Waals surface area contributed by atoms with E-state index >= 15 is 0 Å². The van der Waals surface area contributed by atoms with Crippen molar-refractivity contribution in [2.24, 2.45) is 0 Å². The Morgan fingerprint density at radius 2 is 1.67 bits per heavy atom.